The fourth-order valence-electron chi connectivity index (χ4n) is 2.71. The molecule has 2 heterocycles. The summed E-state index contributed by atoms with van der Waals surface area (Å²) in [6.45, 7) is 10.3. The van der Waals surface area contributed by atoms with Gasteiger partial charge in [0.2, 0.25) is 0 Å². The zero-order valence-corrected chi connectivity index (χ0v) is 14.7. The predicted octanol–water partition coefficient (Wildman–Crippen LogP) is 1.63. The lowest BCUT2D eigenvalue weighted by molar-refractivity contribution is 0.0252. The van der Waals surface area contributed by atoms with Crippen molar-refractivity contribution in [3.05, 3.63) is 18.0 Å². The number of aromatic nitrogens is 2. The predicted molar refractivity (Wildman–Crippen MR) is 87.1 cm³/mol. The number of ether oxygens (including phenoxy) is 2. The molecule has 1 saturated heterocycles. The highest BCUT2D eigenvalue weighted by Crippen LogP contribution is 2.18. The molecule has 7 heteroatoms. The summed E-state index contributed by atoms with van der Waals surface area (Å²) in [5, 5.41) is 7.74. The van der Waals surface area contributed by atoms with Crippen LogP contribution in [0.3, 0.4) is 0 Å². The van der Waals surface area contributed by atoms with E-state index >= 15 is 0 Å². The summed E-state index contributed by atoms with van der Waals surface area (Å²) in [5.41, 5.74) is 0.636. The number of nitrogens with zero attached hydrogens (tertiary/aromatic N) is 3. The summed E-state index contributed by atoms with van der Waals surface area (Å²) >= 11 is 0. The Labute approximate surface area is 137 Å². The average molecular weight is 324 g/mol. The molecule has 0 spiro atoms. The van der Waals surface area contributed by atoms with Crippen molar-refractivity contribution in [2.45, 2.75) is 58.5 Å². The van der Waals surface area contributed by atoms with Crippen LogP contribution >= 0.6 is 0 Å². The van der Waals surface area contributed by atoms with Crippen molar-refractivity contribution in [2.75, 3.05) is 20.2 Å². The van der Waals surface area contributed by atoms with E-state index in [1.807, 2.05) is 31.5 Å². The zero-order valence-electron chi connectivity index (χ0n) is 14.7. The van der Waals surface area contributed by atoms with Gasteiger partial charge >= 0.3 is 6.09 Å². The fourth-order valence-corrected chi connectivity index (χ4v) is 2.71. The standard InChI is InChI=1S/C16H28N4O3/c1-6-20-12(7-8-18-20)9-17-13-10-19(11-14(13)22-5)15(21)23-16(2,3)4/h7-8,13-14,17H,6,9-11H2,1-5H3/t13?,14-/m0/s1. The number of hydrogen-bond donors (Lipinski definition) is 1. The van der Waals surface area contributed by atoms with Crippen LogP contribution in [0.1, 0.15) is 33.4 Å². The first kappa shape index (κ1) is 17.7. The van der Waals surface area contributed by atoms with Crippen LogP contribution in [0.15, 0.2) is 12.3 Å². The Morgan fingerprint density at radius 3 is 2.78 bits per heavy atom. The van der Waals surface area contributed by atoms with Crippen molar-refractivity contribution in [1.82, 2.24) is 20.0 Å². The fraction of sp³-hybridized carbons (Fsp3) is 0.750. The van der Waals surface area contributed by atoms with Gasteiger partial charge in [0.15, 0.2) is 0 Å². The molecule has 1 amide bonds. The first-order chi connectivity index (χ1) is 10.8. The van der Waals surface area contributed by atoms with Gasteiger partial charge in [-0.2, -0.15) is 5.10 Å². The van der Waals surface area contributed by atoms with E-state index < -0.39 is 5.60 Å². The molecular formula is C16H28N4O3. The van der Waals surface area contributed by atoms with Crippen molar-refractivity contribution in [3.8, 4) is 0 Å². The molecular weight excluding hydrogens is 296 g/mol. The summed E-state index contributed by atoms with van der Waals surface area (Å²) in [7, 11) is 1.67. The van der Waals surface area contributed by atoms with Gasteiger partial charge in [-0.25, -0.2) is 4.79 Å². The number of rotatable bonds is 5. The first-order valence-electron chi connectivity index (χ1n) is 8.09. The zero-order chi connectivity index (χ0) is 17.0. The van der Waals surface area contributed by atoms with Crippen molar-refractivity contribution in [3.63, 3.8) is 0 Å². The summed E-state index contributed by atoms with van der Waals surface area (Å²) in [4.78, 5) is 13.9. The van der Waals surface area contributed by atoms with Gasteiger partial charge in [-0.3, -0.25) is 4.68 Å². The molecule has 0 saturated carbocycles. The normalized spacial score (nSPS) is 21.7. The van der Waals surface area contributed by atoms with Crippen LogP contribution in [0.25, 0.3) is 0 Å². The van der Waals surface area contributed by atoms with E-state index in [1.165, 1.54) is 0 Å². The van der Waals surface area contributed by atoms with Gasteiger partial charge in [0, 0.05) is 32.9 Å². The van der Waals surface area contributed by atoms with Crippen LogP contribution in [0, 0.1) is 0 Å². The summed E-state index contributed by atoms with van der Waals surface area (Å²) < 4.78 is 12.9. The molecule has 0 aliphatic carbocycles. The lowest BCUT2D eigenvalue weighted by atomic mass is 10.2. The Kier molecular flexibility index (Phi) is 5.64. The number of likely N-dealkylation sites (tertiary alicyclic amines) is 1. The molecule has 0 radical (unpaired) electrons. The molecule has 1 unspecified atom stereocenters. The third-order valence-corrected chi connectivity index (χ3v) is 3.87. The summed E-state index contributed by atoms with van der Waals surface area (Å²) in [5.74, 6) is 0. The number of carbonyl (C=O) groups is 1. The molecule has 1 aromatic heterocycles. The van der Waals surface area contributed by atoms with Crippen molar-refractivity contribution in [1.29, 1.82) is 0 Å². The molecule has 130 valence electrons. The van der Waals surface area contributed by atoms with E-state index in [2.05, 4.69) is 17.3 Å². The second kappa shape index (κ2) is 7.31. The maximum Gasteiger partial charge on any atom is 0.410 e. The largest absolute Gasteiger partial charge is 0.444 e. The smallest absolute Gasteiger partial charge is 0.410 e. The lowest BCUT2D eigenvalue weighted by Crippen LogP contribution is -2.40. The van der Waals surface area contributed by atoms with E-state index in [9.17, 15) is 4.79 Å². The van der Waals surface area contributed by atoms with Crippen LogP contribution in [0.2, 0.25) is 0 Å². The van der Waals surface area contributed by atoms with Crippen LogP contribution in [-0.2, 0) is 22.6 Å². The molecule has 23 heavy (non-hydrogen) atoms. The third-order valence-electron chi connectivity index (χ3n) is 3.87. The van der Waals surface area contributed by atoms with E-state index in [0.29, 0.717) is 19.6 Å². The third kappa shape index (κ3) is 4.68. The van der Waals surface area contributed by atoms with E-state index in [-0.39, 0.29) is 18.2 Å². The number of amides is 1. The van der Waals surface area contributed by atoms with Gasteiger partial charge in [0.05, 0.1) is 24.4 Å². The summed E-state index contributed by atoms with van der Waals surface area (Å²) in [6, 6.07) is 2.08. The SMILES string of the molecule is CCn1nccc1CNC1CN(C(=O)OC(C)(C)C)C[C@@H]1OC. The van der Waals surface area contributed by atoms with Gasteiger partial charge in [0.25, 0.3) is 0 Å². The minimum absolute atomic E-state index is 0.0412. The molecule has 2 atom stereocenters. The monoisotopic (exact) mass is 324 g/mol. The number of hydrogen-bond acceptors (Lipinski definition) is 5. The first-order valence-corrected chi connectivity index (χ1v) is 8.09. The molecule has 1 aromatic rings. The Hall–Kier alpha value is -1.60. The maximum atomic E-state index is 12.2. The van der Waals surface area contributed by atoms with Crippen molar-refractivity contribution in [2.24, 2.45) is 0 Å². The molecule has 1 fully saturated rings. The molecule has 7 nitrogen and oxygen atoms in total. The Balaban J connectivity index is 1.93. The van der Waals surface area contributed by atoms with Crippen LogP contribution in [0.4, 0.5) is 4.79 Å². The van der Waals surface area contributed by atoms with Gasteiger partial charge in [-0.15, -0.1) is 0 Å². The second-order valence-electron chi connectivity index (χ2n) is 6.79. The average Bonchev–Trinajstić information content (AvgIpc) is 3.09. The minimum atomic E-state index is -0.487. The van der Waals surface area contributed by atoms with Gasteiger partial charge < -0.3 is 19.7 Å². The number of carbonyl (C=O) groups excluding carboxylic acids is 1. The summed E-state index contributed by atoms with van der Waals surface area (Å²) in [6.07, 6.45) is 1.47. The second-order valence-corrected chi connectivity index (χ2v) is 6.79. The Morgan fingerprint density at radius 2 is 2.17 bits per heavy atom. The highest BCUT2D eigenvalue weighted by molar-refractivity contribution is 5.68. The number of nitrogens with one attached hydrogen (secondary N) is 1. The van der Waals surface area contributed by atoms with Crippen LogP contribution < -0.4 is 5.32 Å². The van der Waals surface area contributed by atoms with Crippen molar-refractivity contribution < 1.29 is 14.3 Å². The Morgan fingerprint density at radius 1 is 1.43 bits per heavy atom. The molecule has 2 rings (SSSR count). The van der Waals surface area contributed by atoms with Crippen LogP contribution in [0.5, 0.6) is 0 Å². The molecule has 1 aliphatic heterocycles. The molecule has 1 aliphatic rings. The number of aryl methyl sites for hydroxylation is 1. The van der Waals surface area contributed by atoms with Gasteiger partial charge in [0.1, 0.15) is 5.60 Å². The van der Waals surface area contributed by atoms with Crippen molar-refractivity contribution >= 4 is 6.09 Å². The minimum Gasteiger partial charge on any atom is -0.444 e. The van der Waals surface area contributed by atoms with E-state index in [1.54, 1.807) is 18.2 Å². The van der Waals surface area contributed by atoms with Gasteiger partial charge in [-0.1, -0.05) is 0 Å². The number of methoxy groups -OCH3 is 1. The van der Waals surface area contributed by atoms with E-state index in [4.69, 9.17) is 9.47 Å². The van der Waals surface area contributed by atoms with Crippen LogP contribution in [-0.4, -0.2) is 58.7 Å². The highest BCUT2D eigenvalue weighted by Gasteiger charge is 2.37. The van der Waals surface area contributed by atoms with Gasteiger partial charge in [-0.05, 0) is 33.8 Å². The molecule has 1 N–H and O–H groups in total. The topological polar surface area (TPSA) is 68.6 Å². The maximum absolute atomic E-state index is 12.2. The van der Waals surface area contributed by atoms with E-state index in [0.717, 1.165) is 12.2 Å². The molecule has 0 bridgehead atoms. The highest BCUT2D eigenvalue weighted by atomic mass is 16.6. The quantitative estimate of drug-likeness (QED) is 0.891. The molecule has 0 aromatic carbocycles. The Bertz CT molecular complexity index is 524. The lowest BCUT2D eigenvalue weighted by Gasteiger charge is -2.24.